The maximum absolute atomic E-state index is 12.3. The number of fused-ring (bicyclic) bond motifs is 1. The lowest BCUT2D eigenvalue weighted by Crippen LogP contribution is -2.28. The molecule has 6 nitrogen and oxygen atoms in total. The van der Waals surface area contributed by atoms with Crippen molar-refractivity contribution in [3.63, 3.8) is 0 Å². The summed E-state index contributed by atoms with van der Waals surface area (Å²) in [6.45, 7) is 0.725. The molecule has 0 saturated heterocycles. The zero-order valence-corrected chi connectivity index (χ0v) is 16.6. The van der Waals surface area contributed by atoms with Crippen LogP contribution in [0.1, 0.15) is 18.7 Å². The lowest BCUT2D eigenvalue weighted by atomic mass is 10.3. The minimum Gasteiger partial charge on any atom is -0.492 e. The molecule has 0 atom stereocenters. The van der Waals surface area contributed by atoms with Crippen molar-refractivity contribution in [3.05, 3.63) is 56.4 Å². The standard InChI is InChI=1S/C18H18BrN3O3S/c1-22(11-15-20-13-8-10-26-17(13)18(24)21-15)16(23)7-4-9-25-14-6-3-2-5-12(14)19/h2-3,5-6,8,10H,4,7,9,11H2,1H3,(H,20,21,24). The molecule has 0 aliphatic heterocycles. The summed E-state index contributed by atoms with van der Waals surface area (Å²) in [6.07, 6.45) is 0.976. The molecule has 2 heterocycles. The molecular formula is C18H18BrN3O3S. The minimum absolute atomic E-state index is 0.0196. The van der Waals surface area contributed by atoms with Gasteiger partial charge >= 0.3 is 0 Å². The number of benzene rings is 1. The van der Waals surface area contributed by atoms with Crippen molar-refractivity contribution >= 4 is 43.4 Å². The lowest BCUT2D eigenvalue weighted by molar-refractivity contribution is -0.130. The normalized spacial score (nSPS) is 10.8. The van der Waals surface area contributed by atoms with Gasteiger partial charge in [0.25, 0.3) is 5.56 Å². The van der Waals surface area contributed by atoms with Crippen LogP contribution < -0.4 is 10.3 Å². The molecule has 0 aliphatic rings. The first-order chi connectivity index (χ1) is 12.5. The highest BCUT2D eigenvalue weighted by molar-refractivity contribution is 9.10. The summed E-state index contributed by atoms with van der Waals surface area (Å²) in [7, 11) is 1.70. The number of nitrogens with zero attached hydrogens (tertiary/aromatic N) is 2. The first-order valence-corrected chi connectivity index (χ1v) is 9.79. The highest BCUT2D eigenvalue weighted by Gasteiger charge is 2.12. The van der Waals surface area contributed by atoms with Gasteiger partial charge in [0.2, 0.25) is 5.91 Å². The van der Waals surface area contributed by atoms with E-state index >= 15 is 0 Å². The Morgan fingerprint density at radius 2 is 2.15 bits per heavy atom. The van der Waals surface area contributed by atoms with E-state index in [0.717, 1.165) is 10.2 Å². The number of rotatable bonds is 7. The van der Waals surface area contributed by atoms with Gasteiger partial charge in [-0.15, -0.1) is 11.3 Å². The number of para-hydroxylation sites is 1. The molecule has 3 aromatic rings. The molecular weight excluding hydrogens is 418 g/mol. The van der Waals surface area contributed by atoms with Crippen LogP contribution in [0.15, 0.2) is 45.0 Å². The van der Waals surface area contributed by atoms with Crippen molar-refractivity contribution in [1.29, 1.82) is 0 Å². The van der Waals surface area contributed by atoms with Crippen LogP contribution in [0, 0.1) is 0 Å². The molecule has 26 heavy (non-hydrogen) atoms. The van der Waals surface area contributed by atoms with Crippen LogP contribution in [0.5, 0.6) is 5.75 Å². The summed E-state index contributed by atoms with van der Waals surface area (Å²) in [5.41, 5.74) is 0.499. The second-order valence-electron chi connectivity index (χ2n) is 5.78. The number of ether oxygens (including phenoxy) is 1. The van der Waals surface area contributed by atoms with Gasteiger partial charge in [-0.1, -0.05) is 12.1 Å². The van der Waals surface area contributed by atoms with Gasteiger partial charge in [0.05, 0.1) is 23.1 Å². The second kappa shape index (κ2) is 8.46. The monoisotopic (exact) mass is 435 g/mol. The summed E-state index contributed by atoms with van der Waals surface area (Å²) in [5.74, 6) is 1.23. The lowest BCUT2D eigenvalue weighted by Gasteiger charge is -2.16. The summed E-state index contributed by atoms with van der Waals surface area (Å²) in [6, 6.07) is 9.41. The van der Waals surface area contributed by atoms with Crippen LogP contribution in [-0.4, -0.2) is 34.4 Å². The number of carbonyl (C=O) groups excluding carboxylic acids is 1. The third kappa shape index (κ3) is 4.50. The highest BCUT2D eigenvalue weighted by Crippen LogP contribution is 2.23. The molecule has 8 heteroatoms. The Balaban J connectivity index is 1.49. The predicted octanol–water partition coefficient (Wildman–Crippen LogP) is 3.56. The Labute approximate surface area is 163 Å². The Hall–Kier alpha value is -2.19. The molecule has 136 valence electrons. The number of hydrogen-bond donors (Lipinski definition) is 1. The van der Waals surface area contributed by atoms with E-state index in [4.69, 9.17) is 4.74 Å². The third-order valence-electron chi connectivity index (χ3n) is 3.81. The molecule has 1 aromatic carbocycles. The molecule has 3 rings (SSSR count). The van der Waals surface area contributed by atoms with Crippen molar-refractivity contribution in [3.8, 4) is 5.75 Å². The van der Waals surface area contributed by atoms with Crippen molar-refractivity contribution in [2.75, 3.05) is 13.7 Å². The molecule has 0 unspecified atom stereocenters. The number of aromatic amines is 1. The third-order valence-corrected chi connectivity index (χ3v) is 5.36. The first-order valence-electron chi connectivity index (χ1n) is 8.12. The second-order valence-corrected chi connectivity index (χ2v) is 7.55. The summed E-state index contributed by atoms with van der Waals surface area (Å²) in [4.78, 5) is 32.9. The fraction of sp³-hybridized carbons (Fsp3) is 0.278. The minimum atomic E-state index is -0.164. The highest BCUT2D eigenvalue weighted by atomic mass is 79.9. The van der Waals surface area contributed by atoms with Crippen molar-refractivity contribution in [1.82, 2.24) is 14.9 Å². The quantitative estimate of drug-likeness (QED) is 0.575. The van der Waals surface area contributed by atoms with Gasteiger partial charge in [-0.2, -0.15) is 0 Å². The van der Waals surface area contributed by atoms with E-state index < -0.39 is 0 Å². The Kier molecular flexibility index (Phi) is 6.05. The van der Waals surface area contributed by atoms with Gasteiger partial charge in [-0.3, -0.25) is 9.59 Å². The van der Waals surface area contributed by atoms with Crippen LogP contribution in [0.3, 0.4) is 0 Å². The van der Waals surface area contributed by atoms with Crippen molar-refractivity contribution in [2.24, 2.45) is 0 Å². The first kappa shape index (κ1) is 18.6. The predicted molar refractivity (Wildman–Crippen MR) is 106 cm³/mol. The van der Waals surface area contributed by atoms with E-state index in [-0.39, 0.29) is 18.0 Å². The van der Waals surface area contributed by atoms with Crippen LogP contribution in [-0.2, 0) is 11.3 Å². The topological polar surface area (TPSA) is 75.3 Å². The van der Waals surface area contributed by atoms with E-state index in [1.165, 1.54) is 11.3 Å². The van der Waals surface area contributed by atoms with E-state index in [0.29, 0.717) is 35.5 Å². The fourth-order valence-corrected chi connectivity index (χ4v) is 3.59. The fourth-order valence-electron chi connectivity index (χ4n) is 2.47. The number of halogens is 1. The molecule has 0 spiro atoms. The smallest absolute Gasteiger partial charge is 0.268 e. The van der Waals surface area contributed by atoms with Crippen molar-refractivity contribution < 1.29 is 9.53 Å². The molecule has 0 saturated carbocycles. The van der Waals surface area contributed by atoms with E-state index in [1.54, 1.807) is 18.0 Å². The molecule has 2 aromatic heterocycles. The number of thiophene rings is 1. The molecule has 0 fully saturated rings. The van der Waals surface area contributed by atoms with Crippen molar-refractivity contribution in [2.45, 2.75) is 19.4 Å². The Morgan fingerprint density at radius 3 is 2.96 bits per heavy atom. The SMILES string of the molecule is CN(Cc1nc2ccsc2c(=O)[nH]1)C(=O)CCCOc1ccccc1Br. The number of H-pyrrole nitrogens is 1. The van der Waals surface area contributed by atoms with Crippen LogP contribution in [0.25, 0.3) is 10.2 Å². The molecule has 0 radical (unpaired) electrons. The van der Waals surface area contributed by atoms with E-state index in [9.17, 15) is 9.59 Å². The molecule has 1 amide bonds. The number of aromatic nitrogens is 2. The van der Waals surface area contributed by atoms with Crippen LogP contribution >= 0.6 is 27.3 Å². The van der Waals surface area contributed by atoms with Gasteiger partial charge < -0.3 is 14.6 Å². The number of amides is 1. The van der Waals surface area contributed by atoms with Gasteiger partial charge in [0, 0.05) is 13.5 Å². The van der Waals surface area contributed by atoms with Gasteiger partial charge in [-0.05, 0) is 45.9 Å². The zero-order chi connectivity index (χ0) is 18.5. The number of nitrogens with one attached hydrogen (secondary N) is 1. The number of carbonyl (C=O) groups is 1. The van der Waals surface area contributed by atoms with E-state index in [2.05, 4.69) is 25.9 Å². The summed E-state index contributed by atoms with van der Waals surface area (Å²) >= 11 is 4.78. The maximum atomic E-state index is 12.3. The average molecular weight is 436 g/mol. The van der Waals surface area contributed by atoms with E-state index in [1.807, 2.05) is 29.6 Å². The van der Waals surface area contributed by atoms with Crippen LogP contribution in [0.4, 0.5) is 0 Å². The maximum Gasteiger partial charge on any atom is 0.268 e. The van der Waals surface area contributed by atoms with Gasteiger partial charge in [0.1, 0.15) is 16.3 Å². The summed E-state index contributed by atoms with van der Waals surface area (Å²) < 4.78 is 7.16. The van der Waals surface area contributed by atoms with Gasteiger partial charge in [-0.25, -0.2) is 4.98 Å². The summed E-state index contributed by atoms with van der Waals surface area (Å²) in [5, 5.41) is 1.83. The Bertz CT molecular complexity index is 969. The van der Waals surface area contributed by atoms with Crippen LogP contribution in [0.2, 0.25) is 0 Å². The molecule has 1 N–H and O–H groups in total. The number of hydrogen-bond acceptors (Lipinski definition) is 5. The molecule has 0 bridgehead atoms. The largest absolute Gasteiger partial charge is 0.492 e. The van der Waals surface area contributed by atoms with Gasteiger partial charge in [0.15, 0.2) is 0 Å². The Morgan fingerprint density at radius 1 is 1.35 bits per heavy atom. The average Bonchev–Trinajstić information content (AvgIpc) is 3.09. The zero-order valence-electron chi connectivity index (χ0n) is 14.2. The molecule has 0 aliphatic carbocycles.